The van der Waals surface area contributed by atoms with Crippen LogP contribution >= 0.6 is 11.6 Å². The highest BCUT2D eigenvalue weighted by atomic mass is 35.5. The first-order chi connectivity index (χ1) is 15.4. The fraction of sp³-hybridized carbons (Fsp3) is 0.0952. The molecule has 0 aliphatic rings. The molecule has 5 aromatic rings. The highest BCUT2D eigenvalue weighted by Crippen LogP contribution is 2.32. The van der Waals surface area contributed by atoms with Crippen molar-refractivity contribution in [2.24, 2.45) is 0 Å². The molecule has 7 nitrogen and oxygen atoms in total. The van der Waals surface area contributed by atoms with Gasteiger partial charge in [0.05, 0.1) is 22.6 Å². The summed E-state index contributed by atoms with van der Waals surface area (Å²) >= 11 is 6.00. The fourth-order valence-electron chi connectivity index (χ4n) is 3.27. The number of aromatic nitrogens is 6. The van der Waals surface area contributed by atoms with E-state index in [0.29, 0.717) is 17.2 Å². The Hall–Kier alpha value is -3.79. The number of nitrogens with one attached hydrogen (secondary N) is 1. The van der Waals surface area contributed by atoms with E-state index in [1.54, 1.807) is 18.5 Å². The van der Waals surface area contributed by atoms with Gasteiger partial charge in [0, 0.05) is 29.5 Å². The maximum absolute atomic E-state index is 13.2. The minimum Gasteiger partial charge on any atom is -0.362 e. The average molecular weight is 456 g/mol. The lowest BCUT2D eigenvalue weighted by Crippen LogP contribution is -2.10. The number of halogens is 4. The molecular formula is C21H13ClF3N7. The van der Waals surface area contributed by atoms with Crippen molar-refractivity contribution in [2.45, 2.75) is 12.7 Å². The van der Waals surface area contributed by atoms with Crippen LogP contribution < -0.4 is 5.32 Å². The Bertz CT molecular complexity index is 1430. The van der Waals surface area contributed by atoms with E-state index in [4.69, 9.17) is 11.6 Å². The second-order valence-electron chi connectivity index (χ2n) is 6.89. The monoisotopic (exact) mass is 455 g/mol. The van der Waals surface area contributed by atoms with Gasteiger partial charge in [-0.05, 0) is 30.3 Å². The minimum absolute atomic E-state index is 0.0618. The molecule has 5 rings (SSSR count). The van der Waals surface area contributed by atoms with Crippen LogP contribution in [0.3, 0.4) is 0 Å². The highest BCUT2D eigenvalue weighted by Gasteiger charge is 2.32. The summed E-state index contributed by atoms with van der Waals surface area (Å²) in [6.45, 7) is 0.0618. The Morgan fingerprint density at radius 3 is 2.66 bits per heavy atom. The summed E-state index contributed by atoms with van der Waals surface area (Å²) in [6, 6.07) is 11.9. The summed E-state index contributed by atoms with van der Waals surface area (Å²) in [4.78, 5) is 13.3. The van der Waals surface area contributed by atoms with Gasteiger partial charge in [0.15, 0.2) is 17.3 Å². The number of para-hydroxylation sites is 1. The van der Waals surface area contributed by atoms with Crippen LogP contribution in [-0.4, -0.2) is 29.5 Å². The average Bonchev–Trinajstić information content (AvgIpc) is 3.21. The van der Waals surface area contributed by atoms with Gasteiger partial charge in [0.2, 0.25) is 0 Å². The molecule has 0 aliphatic heterocycles. The molecule has 0 saturated carbocycles. The van der Waals surface area contributed by atoms with E-state index >= 15 is 0 Å². The second kappa shape index (κ2) is 7.72. The molecule has 160 valence electrons. The molecule has 1 N–H and O–H groups in total. The summed E-state index contributed by atoms with van der Waals surface area (Å²) in [6.07, 6.45) is -0.313. The van der Waals surface area contributed by atoms with Gasteiger partial charge in [-0.25, -0.2) is 9.97 Å². The molecule has 4 aromatic heterocycles. The molecule has 0 atom stereocenters. The van der Waals surface area contributed by atoms with Crippen LogP contribution in [0.25, 0.3) is 27.9 Å². The number of hydrogen-bond donors (Lipinski definition) is 1. The van der Waals surface area contributed by atoms with Crippen LogP contribution in [0, 0.1) is 0 Å². The summed E-state index contributed by atoms with van der Waals surface area (Å²) in [7, 11) is 0. The first kappa shape index (κ1) is 20.1. The van der Waals surface area contributed by atoms with Crippen LogP contribution in [0.2, 0.25) is 5.02 Å². The Balaban J connectivity index is 1.54. The van der Waals surface area contributed by atoms with Crippen molar-refractivity contribution < 1.29 is 13.2 Å². The predicted molar refractivity (Wildman–Crippen MR) is 113 cm³/mol. The van der Waals surface area contributed by atoms with Crippen molar-refractivity contribution in [3.05, 3.63) is 77.5 Å². The molecule has 0 saturated heterocycles. The summed E-state index contributed by atoms with van der Waals surface area (Å²) in [5.74, 6) is 1.22. The minimum atomic E-state index is -4.55. The number of pyridine rings is 2. The van der Waals surface area contributed by atoms with Crippen LogP contribution in [0.4, 0.5) is 19.0 Å². The molecule has 0 aliphatic carbocycles. The summed E-state index contributed by atoms with van der Waals surface area (Å²) < 4.78 is 40.9. The molecule has 32 heavy (non-hydrogen) atoms. The maximum atomic E-state index is 13.2. The van der Waals surface area contributed by atoms with E-state index in [2.05, 4.69) is 30.5 Å². The maximum Gasteiger partial charge on any atom is 0.417 e. The number of benzene rings is 1. The van der Waals surface area contributed by atoms with Gasteiger partial charge in [0.25, 0.3) is 0 Å². The lowest BCUT2D eigenvalue weighted by atomic mass is 10.2. The standard InChI is InChI=1S/C21H13ClF3N7/c22-15-8-13(21(23,24)25)11-32-17(30-31-20(15)32)10-27-19-14-5-1-2-6-16(14)28-18(29-19)12-4-3-7-26-9-12/h1-9,11H,10H2,(H,27,28,29). The van der Waals surface area contributed by atoms with Gasteiger partial charge < -0.3 is 5.32 Å². The summed E-state index contributed by atoms with van der Waals surface area (Å²) in [5, 5.41) is 11.7. The SMILES string of the molecule is FC(F)(F)c1cc(Cl)c2nnc(CNc3nc(-c4cccnc4)nc4ccccc34)n2c1. The Morgan fingerprint density at radius 2 is 1.88 bits per heavy atom. The fourth-order valence-corrected chi connectivity index (χ4v) is 3.52. The molecule has 4 heterocycles. The van der Waals surface area contributed by atoms with E-state index in [1.165, 1.54) is 4.40 Å². The van der Waals surface area contributed by atoms with Gasteiger partial charge in [-0.3, -0.25) is 9.38 Å². The summed E-state index contributed by atoms with van der Waals surface area (Å²) in [5.41, 5.74) is 0.690. The van der Waals surface area contributed by atoms with Crippen molar-refractivity contribution in [3.63, 3.8) is 0 Å². The Kier molecular flexibility index (Phi) is 4.86. The number of anilines is 1. The normalized spacial score (nSPS) is 11.9. The molecule has 0 spiro atoms. The lowest BCUT2D eigenvalue weighted by molar-refractivity contribution is -0.137. The zero-order chi connectivity index (χ0) is 22.3. The first-order valence-electron chi connectivity index (χ1n) is 9.41. The van der Waals surface area contributed by atoms with Crippen molar-refractivity contribution in [2.75, 3.05) is 5.32 Å². The van der Waals surface area contributed by atoms with E-state index < -0.39 is 11.7 Å². The molecule has 0 bridgehead atoms. The van der Waals surface area contributed by atoms with Crippen molar-refractivity contribution in [1.82, 2.24) is 29.5 Å². The smallest absolute Gasteiger partial charge is 0.362 e. The molecule has 0 radical (unpaired) electrons. The zero-order valence-electron chi connectivity index (χ0n) is 16.2. The predicted octanol–water partition coefficient (Wildman–Crippen LogP) is 5.02. The molecule has 0 amide bonds. The molecule has 0 unspecified atom stereocenters. The zero-order valence-corrected chi connectivity index (χ0v) is 16.9. The molecule has 1 aromatic carbocycles. The second-order valence-corrected chi connectivity index (χ2v) is 7.30. The lowest BCUT2D eigenvalue weighted by Gasteiger charge is -2.11. The van der Waals surface area contributed by atoms with Crippen molar-refractivity contribution >= 4 is 34.0 Å². The van der Waals surface area contributed by atoms with Crippen molar-refractivity contribution in [1.29, 1.82) is 0 Å². The molecular weight excluding hydrogens is 443 g/mol. The highest BCUT2D eigenvalue weighted by molar-refractivity contribution is 6.33. The molecule has 11 heteroatoms. The van der Waals surface area contributed by atoms with Gasteiger partial charge >= 0.3 is 6.18 Å². The topological polar surface area (TPSA) is 80.9 Å². The number of hydrogen-bond acceptors (Lipinski definition) is 6. The number of fused-ring (bicyclic) bond motifs is 2. The number of rotatable bonds is 4. The van der Waals surface area contributed by atoms with E-state index in [0.717, 1.165) is 23.2 Å². The van der Waals surface area contributed by atoms with Crippen LogP contribution in [-0.2, 0) is 12.7 Å². The Morgan fingerprint density at radius 1 is 1.03 bits per heavy atom. The molecule has 0 fully saturated rings. The van der Waals surface area contributed by atoms with E-state index in [9.17, 15) is 13.2 Å². The number of alkyl halides is 3. The van der Waals surface area contributed by atoms with Crippen LogP contribution in [0.1, 0.15) is 11.4 Å². The third kappa shape index (κ3) is 3.69. The van der Waals surface area contributed by atoms with E-state index in [1.807, 2.05) is 30.3 Å². The van der Waals surface area contributed by atoms with E-state index in [-0.39, 0.29) is 23.0 Å². The Labute approximate surface area is 183 Å². The van der Waals surface area contributed by atoms with Gasteiger partial charge in [0.1, 0.15) is 5.82 Å². The first-order valence-corrected chi connectivity index (χ1v) is 9.79. The quantitative estimate of drug-likeness (QED) is 0.410. The largest absolute Gasteiger partial charge is 0.417 e. The van der Waals surface area contributed by atoms with Gasteiger partial charge in [-0.1, -0.05) is 23.7 Å². The third-order valence-electron chi connectivity index (χ3n) is 4.79. The van der Waals surface area contributed by atoms with Crippen molar-refractivity contribution in [3.8, 4) is 11.4 Å². The number of nitrogens with zero attached hydrogens (tertiary/aromatic N) is 6. The van der Waals surface area contributed by atoms with Gasteiger partial charge in [-0.2, -0.15) is 13.2 Å². The van der Waals surface area contributed by atoms with Gasteiger partial charge in [-0.15, -0.1) is 10.2 Å². The van der Waals surface area contributed by atoms with Crippen LogP contribution in [0.5, 0.6) is 0 Å². The third-order valence-corrected chi connectivity index (χ3v) is 5.07. The van der Waals surface area contributed by atoms with Crippen LogP contribution in [0.15, 0.2) is 61.1 Å².